The lowest BCUT2D eigenvalue weighted by atomic mass is 10.0. The van der Waals surface area contributed by atoms with Gasteiger partial charge in [-0.05, 0) is 42.5 Å². The van der Waals surface area contributed by atoms with Gasteiger partial charge in [0.1, 0.15) is 6.61 Å². The summed E-state index contributed by atoms with van der Waals surface area (Å²) < 4.78 is 48.3. The standard InChI is InChI=1S/C22H24F3N3O4/c23-22(24,25)19-4-1-17(2-5-19)14-32-28-13-18-3-6-21(27-12-18)31-15-20(29)26-11-16-7-9-30-10-8-16/h1-6,12-13,16H,7-11,14-15H2,(H,26,29)/b28-13+. The number of ether oxygens (including phenoxy) is 2. The lowest BCUT2D eigenvalue weighted by Crippen LogP contribution is -2.35. The first-order chi connectivity index (χ1) is 15.4. The number of nitrogens with zero attached hydrogens (tertiary/aromatic N) is 2. The molecule has 0 unspecified atom stereocenters. The van der Waals surface area contributed by atoms with Crippen LogP contribution in [0.3, 0.4) is 0 Å². The van der Waals surface area contributed by atoms with Crippen molar-refractivity contribution in [2.45, 2.75) is 25.6 Å². The Morgan fingerprint density at radius 2 is 1.94 bits per heavy atom. The molecular formula is C22H24F3N3O4. The molecule has 0 spiro atoms. The normalized spacial score (nSPS) is 15.0. The number of oxime groups is 1. The van der Waals surface area contributed by atoms with Gasteiger partial charge in [0.15, 0.2) is 6.61 Å². The summed E-state index contributed by atoms with van der Waals surface area (Å²) in [5.41, 5.74) is 0.482. The molecule has 1 aromatic heterocycles. The topological polar surface area (TPSA) is 82.0 Å². The Hall–Kier alpha value is -3.14. The Kier molecular flexibility index (Phi) is 8.43. The van der Waals surface area contributed by atoms with Gasteiger partial charge in [0, 0.05) is 37.6 Å². The number of benzene rings is 1. The van der Waals surface area contributed by atoms with Crippen LogP contribution in [0.4, 0.5) is 13.2 Å². The van der Waals surface area contributed by atoms with Crippen LogP contribution in [0.25, 0.3) is 0 Å². The molecule has 172 valence electrons. The van der Waals surface area contributed by atoms with Crippen molar-refractivity contribution in [3.05, 3.63) is 59.3 Å². The summed E-state index contributed by atoms with van der Waals surface area (Å²) in [5, 5.41) is 6.63. The fourth-order valence-corrected chi connectivity index (χ4v) is 2.95. The number of amides is 1. The van der Waals surface area contributed by atoms with Gasteiger partial charge in [-0.2, -0.15) is 13.2 Å². The van der Waals surface area contributed by atoms with Gasteiger partial charge in [-0.1, -0.05) is 17.3 Å². The van der Waals surface area contributed by atoms with E-state index >= 15 is 0 Å². The molecule has 1 aliphatic heterocycles. The van der Waals surface area contributed by atoms with E-state index in [1.807, 2.05) is 0 Å². The zero-order valence-electron chi connectivity index (χ0n) is 17.3. The molecule has 0 aliphatic carbocycles. The van der Waals surface area contributed by atoms with Crippen molar-refractivity contribution in [2.24, 2.45) is 11.1 Å². The number of carbonyl (C=O) groups is 1. The van der Waals surface area contributed by atoms with Crippen LogP contribution in [0.15, 0.2) is 47.8 Å². The molecule has 32 heavy (non-hydrogen) atoms. The number of pyridine rings is 1. The molecule has 0 atom stereocenters. The van der Waals surface area contributed by atoms with Gasteiger partial charge in [0.25, 0.3) is 5.91 Å². The average molecular weight is 451 g/mol. The van der Waals surface area contributed by atoms with Gasteiger partial charge in [-0.25, -0.2) is 4.98 Å². The highest BCUT2D eigenvalue weighted by Gasteiger charge is 2.29. The Balaban J connectivity index is 1.35. The number of hydrogen-bond acceptors (Lipinski definition) is 6. The third-order valence-corrected chi connectivity index (χ3v) is 4.83. The maximum atomic E-state index is 12.5. The number of carbonyl (C=O) groups excluding carboxylic acids is 1. The first-order valence-corrected chi connectivity index (χ1v) is 10.1. The molecule has 1 N–H and O–H groups in total. The minimum absolute atomic E-state index is 0.0340. The van der Waals surface area contributed by atoms with Gasteiger partial charge in [-0.3, -0.25) is 4.79 Å². The number of nitrogens with one attached hydrogen (secondary N) is 1. The Morgan fingerprint density at radius 1 is 1.19 bits per heavy atom. The number of hydrogen-bond donors (Lipinski definition) is 1. The van der Waals surface area contributed by atoms with Gasteiger partial charge in [0.05, 0.1) is 11.8 Å². The zero-order valence-corrected chi connectivity index (χ0v) is 17.3. The maximum absolute atomic E-state index is 12.5. The van der Waals surface area contributed by atoms with Crippen molar-refractivity contribution in [3.63, 3.8) is 0 Å². The summed E-state index contributed by atoms with van der Waals surface area (Å²) in [7, 11) is 0. The first-order valence-electron chi connectivity index (χ1n) is 10.1. The van der Waals surface area contributed by atoms with E-state index in [1.165, 1.54) is 24.5 Å². The molecule has 0 saturated carbocycles. The number of rotatable bonds is 9. The van der Waals surface area contributed by atoms with Gasteiger partial charge >= 0.3 is 6.18 Å². The number of alkyl halides is 3. The van der Waals surface area contributed by atoms with Crippen LogP contribution < -0.4 is 10.1 Å². The van der Waals surface area contributed by atoms with Crippen LogP contribution in [0, 0.1) is 5.92 Å². The van der Waals surface area contributed by atoms with E-state index < -0.39 is 11.7 Å². The van der Waals surface area contributed by atoms with E-state index in [-0.39, 0.29) is 19.1 Å². The van der Waals surface area contributed by atoms with E-state index in [4.69, 9.17) is 14.3 Å². The quantitative estimate of drug-likeness (QED) is 0.466. The van der Waals surface area contributed by atoms with Gasteiger partial charge in [0.2, 0.25) is 5.88 Å². The Morgan fingerprint density at radius 3 is 2.59 bits per heavy atom. The van der Waals surface area contributed by atoms with E-state index in [2.05, 4.69) is 15.5 Å². The lowest BCUT2D eigenvalue weighted by Gasteiger charge is -2.22. The maximum Gasteiger partial charge on any atom is 0.416 e. The van der Waals surface area contributed by atoms with E-state index in [0.717, 1.165) is 38.2 Å². The predicted octanol–water partition coefficient (Wildman–Crippen LogP) is 3.57. The molecule has 7 nitrogen and oxygen atoms in total. The molecular weight excluding hydrogens is 427 g/mol. The highest BCUT2D eigenvalue weighted by Crippen LogP contribution is 2.29. The monoisotopic (exact) mass is 451 g/mol. The summed E-state index contributed by atoms with van der Waals surface area (Å²) in [5.74, 6) is 0.528. The van der Waals surface area contributed by atoms with E-state index in [9.17, 15) is 18.0 Å². The first kappa shape index (κ1) is 23.5. The Bertz CT molecular complexity index is 881. The van der Waals surface area contributed by atoms with Gasteiger partial charge in [-0.15, -0.1) is 0 Å². The van der Waals surface area contributed by atoms with Crippen molar-refractivity contribution in [1.29, 1.82) is 0 Å². The van der Waals surface area contributed by atoms with E-state index in [1.54, 1.807) is 12.1 Å². The van der Waals surface area contributed by atoms with Gasteiger partial charge < -0.3 is 19.6 Å². The molecule has 1 amide bonds. The lowest BCUT2D eigenvalue weighted by molar-refractivity contribution is -0.137. The second-order valence-corrected chi connectivity index (χ2v) is 7.28. The highest BCUT2D eigenvalue weighted by atomic mass is 19.4. The smallest absolute Gasteiger partial charge is 0.416 e. The third-order valence-electron chi connectivity index (χ3n) is 4.83. The summed E-state index contributed by atoms with van der Waals surface area (Å²) in [6, 6.07) is 7.96. The number of aromatic nitrogens is 1. The van der Waals surface area contributed by atoms with E-state index in [0.29, 0.717) is 29.5 Å². The van der Waals surface area contributed by atoms with Crippen molar-refractivity contribution in [2.75, 3.05) is 26.4 Å². The molecule has 1 saturated heterocycles. The van der Waals surface area contributed by atoms with Crippen molar-refractivity contribution in [3.8, 4) is 5.88 Å². The van der Waals surface area contributed by atoms with Crippen LogP contribution in [0.1, 0.15) is 29.5 Å². The summed E-state index contributed by atoms with van der Waals surface area (Å²) >= 11 is 0. The van der Waals surface area contributed by atoms with Crippen LogP contribution in [-0.4, -0.2) is 43.5 Å². The van der Waals surface area contributed by atoms with Crippen LogP contribution >= 0.6 is 0 Å². The predicted molar refractivity (Wildman–Crippen MR) is 110 cm³/mol. The average Bonchev–Trinajstić information content (AvgIpc) is 2.80. The molecule has 1 aliphatic rings. The van der Waals surface area contributed by atoms with Crippen LogP contribution in [-0.2, 0) is 27.2 Å². The Labute approximate surface area is 183 Å². The van der Waals surface area contributed by atoms with Crippen molar-refractivity contribution in [1.82, 2.24) is 10.3 Å². The largest absolute Gasteiger partial charge is 0.468 e. The second-order valence-electron chi connectivity index (χ2n) is 7.28. The number of halogens is 3. The molecule has 0 radical (unpaired) electrons. The third kappa shape index (κ3) is 7.84. The fraction of sp³-hybridized carbons (Fsp3) is 0.409. The van der Waals surface area contributed by atoms with Crippen LogP contribution in [0.2, 0.25) is 0 Å². The summed E-state index contributed by atoms with van der Waals surface area (Å²) in [6.45, 7) is 1.99. The molecule has 1 aromatic carbocycles. The SMILES string of the molecule is O=C(COc1ccc(/C=N/OCc2ccc(C(F)(F)F)cc2)cn1)NCC1CCOCC1. The molecule has 2 aromatic rings. The van der Waals surface area contributed by atoms with Crippen molar-refractivity contribution < 1.29 is 32.3 Å². The summed E-state index contributed by atoms with van der Waals surface area (Å²) in [6.07, 6.45) is 0.441. The molecule has 0 bridgehead atoms. The molecule has 1 fully saturated rings. The second kappa shape index (κ2) is 11.5. The molecule has 10 heteroatoms. The van der Waals surface area contributed by atoms with Crippen molar-refractivity contribution >= 4 is 12.1 Å². The molecule has 2 heterocycles. The fourth-order valence-electron chi connectivity index (χ4n) is 2.95. The zero-order chi connectivity index (χ0) is 22.8. The van der Waals surface area contributed by atoms with Crippen LogP contribution in [0.5, 0.6) is 5.88 Å². The summed E-state index contributed by atoms with van der Waals surface area (Å²) in [4.78, 5) is 21.1. The minimum Gasteiger partial charge on any atom is -0.468 e. The highest BCUT2D eigenvalue weighted by molar-refractivity contribution is 5.79. The molecule has 3 rings (SSSR count). The minimum atomic E-state index is -4.37.